The molecule has 0 unspecified atom stereocenters. The number of ether oxygens (including phenoxy) is 1. The third-order valence-electron chi connectivity index (χ3n) is 2.94. The fourth-order valence-electron chi connectivity index (χ4n) is 1.93. The van der Waals surface area contributed by atoms with E-state index in [1.165, 1.54) is 6.07 Å². The molecular formula is C14H20BrN3O4. The summed E-state index contributed by atoms with van der Waals surface area (Å²) in [4.78, 5) is 22.6. The summed E-state index contributed by atoms with van der Waals surface area (Å²) < 4.78 is 4.51. The Bertz CT molecular complexity index is 493. The van der Waals surface area contributed by atoms with Crippen molar-refractivity contribution in [2.75, 3.05) is 43.0 Å². The number of nitrogens with zero attached hydrogens (tertiary/aromatic N) is 2. The van der Waals surface area contributed by atoms with E-state index in [2.05, 4.69) is 30.9 Å². The van der Waals surface area contributed by atoms with E-state index in [4.69, 9.17) is 0 Å². The van der Waals surface area contributed by atoms with Gasteiger partial charge in [0.1, 0.15) is 5.33 Å². The number of anilines is 1. The lowest BCUT2D eigenvalue weighted by molar-refractivity contribution is -0.384. The first-order valence-electron chi connectivity index (χ1n) is 7.00. The molecule has 0 radical (unpaired) electrons. The largest absolute Gasteiger partial charge is 0.465 e. The number of benzene rings is 1. The topological polar surface area (TPSA) is 84.7 Å². The summed E-state index contributed by atoms with van der Waals surface area (Å²) in [6, 6.07) is 6.80. The number of piperazine rings is 1. The molecule has 2 rings (SSSR count). The first-order chi connectivity index (χ1) is 10.6. The van der Waals surface area contributed by atoms with Crippen LogP contribution in [0, 0.1) is 10.1 Å². The number of nitro groups is 1. The van der Waals surface area contributed by atoms with E-state index in [1.807, 2.05) is 6.07 Å². The van der Waals surface area contributed by atoms with Crippen LogP contribution in [0.1, 0.15) is 6.92 Å². The van der Waals surface area contributed by atoms with Crippen LogP contribution in [-0.4, -0.2) is 49.0 Å². The maximum absolute atomic E-state index is 10.6. The van der Waals surface area contributed by atoms with E-state index >= 15 is 0 Å². The van der Waals surface area contributed by atoms with Crippen LogP contribution in [0.4, 0.5) is 11.4 Å². The number of hydrogen-bond acceptors (Lipinski definition) is 6. The molecule has 1 aromatic carbocycles. The molecule has 0 bridgehead atoms. The van der Waals surface area contributed by atoms with Gasteiger partial charge in [0.25, 0.3) is 5.69 Å². The Labute approximate surface area is 137 Å². The predicted octanol–water partition coefficient (Wildman–Crippen LogP) is 1.95. The van der Waals surface area contributed by atoms with Crippen molar-refractivity contribution in [3.63, 3.8) is 0 Å². The first-order valence-corrected chi connectivity index (χ1v) is 8.12. The van der Waals surface area contributed by atoms with E-state index in [0.717, 1.165) is 31.9 Å². The molecule has 1 saturated heterocycles. The minimum atomic E-state index is -0.355. The number of rotatable bonds is 4. The number of hydrogen-bond donors (Lipinski definition) is 1. The zero-order valence-electron chi connectivity index (χ0n) is 12.5. The second kappa shape index (κ2) is 10.1. The average molecular weight is 374 g/mol. The Morgan fingerprint density at radius 2 is 2.14 bits per heavy atom. The summed E-state index contributed by atoms with van der Waals surface area (Å²) in [5.41, 5.74) is 1.09. The van der Waals surface area contributed by atoms with Crippen LogP contribution in [0.25, 0.3) is 0 Å². The molecule has 0 atom stereocenters. The zero-order valence-corrected chi connectivity index (χ0v) is 14.0. The Morgan fingerprint density at radius 3 is 2.64 bits per heavy atom. The molecule has 1 aromatic rings. The summed E-state index contributed by atoms with van der Waals surface area (Å²) in [5.74, 6) is -0.206. The quantitative estimate of drug-likeness (QED) is 0.375. The molecule has 122 valence electrons. The number of halogens is 1. The SMILES string of the molecule is CCOC(=O)CBr.O=[N+]([O-])c1cccc(N2CCNCC2)c1. The van der Waals surface area contributed by atoms with Gasteiger partial charge in [-0.1, -0.05) is 22.0 Å². The zero-order chi connectivity index (χ0) is 16.4. The summed E-state index contributed by atoms with van der Waals surface area (Å²) in [5, 5.41) is 14.1. The predicted molar refractivity (Wildman–Crippen MR) is 88.6 cm³/mol. The van der Waals surface area contributed by atoms with Crippen LogP contribution in [0.3, 0.4) is 0 Å². The van der Waals surface area contributed by atoms with Crippen molar-refractivity contribution >= 4 is 33.3 Å². The standard InChI is InChI=1S/C10H13N3O2.C4H7BrO2/c14-13(15)10-3-1-2-9(8-10)12-6-4-11-5-7-12;1-2-7-4(6)3-5/h1-3,8,11H,4-7H2;2-3H2,1H3. The van der Waals surface area contributed by atoms with Gasteiger partial charge >= 0.3 is 5.97 Å². The molecule has 0 spiro atoms. The van der Waals surface area contributed by atoms with Crippen molar-refractivity contribution < 1.29 is 14.5 Å². The van der Waals surface area contributed by atoms with Crippen molar-refractivity contribution in [2.45, 2.75) is 6.92 Å². The average Bonchev–Trinajstić information content (AvgIpc) is 2.56. The van der Waals surface area contributed by atoms with Crippen LogP contribution < -0.4 is 10.2 Å². The van der Waals surface area contributed by atoms with E-state index in [1.54, 1.807) is 19.1 Å². The summed E-state index contributed by atoms with van der Waals surface area (Å²) in [7, 11) is 0. The number of nitro benzene ring substituents is 1. The molecule has 1 N–H and O–H groups in total. The van der Waals surface area contributed by atoms with Crippen molar-refractivity contribution in [3.05, 3.63) is 34.4 Å². The Balaban J connectivity index is 0.000000295. The lowest BCUT2D eigenvalue weighted by Gasteiger charge is -2.29. The highest BCUT2D eigenvalue weighted by molar-refractivity contribution is 9.09. The maximum Gasteiger partial charge on any atom is 0.316 e. The minimum Gasteiger partial charge on any atom is -0.465 e. The normalized spacial score (nSPS) is 13.8. The molecule has 1 heterocycles. The molecular weight excluding hydrogens is 354 g/mol. The lowest BCUT2D eigenvalue weighted by Crippen LogP contribution is -2.43. The van der Waals surface area contributed by atoms with Gasteiger partial charge in [0.05, 0.1) is 11.5 Å². The summed E-state index contributed by atoms with van der Waals surface area (Å²) in [6.07, 6.45) is 0. The molecule has 0 saturated carbocycles. The highest BCUT2D eigenvalue weighted by Gasteiger charge is 2.13. The third-order valence-corrected chi connectivity index (χ3v) is 3.39. The van der Waals surface area contributed by atoms with Gasteiger partial charge in [0, 0.05) is 44.0 Å². The highest BCUT2D eigenvalue weighted by atomic mass is 79.9. The van der Waals surface area contributed by atoms with Crippen LogP contribution >= 0.6 is 15.9 Å². The Kier molecular flexibility index (Phi) is 8.46. The van der Waals surface area contributed by atoms with Gasteiger partial charge in [0.2, 0.25) is 0 Å². The smallest absolute Gasteiger partial charge is 0.316 e. The van der Waals surface area contributed by atoms with Crippen LogP contribution in [0.2, 0.25) is 0 Å². The minimum absolute atomic E-state index is 0.158. The third kappa shape index (κ3) is 6.40. The fraction of sp³-hybridized carbons (Fsp3) is 0.500. The second-order valence-electron chi connectivity index (χ2n) is 4.45. The van der Waals surface area contributed by atoms with E-state index in [-0.39, 0.29) is 16.6 Å². The number of non-ortho nitro benzene ring substituents is 1. The van der Waals surface area contributed by atoms with Gasteiger partial charge in [-0.25, -0.2) is 0 Å². The van der Waals surface area contributed by atoms with E-state index in [0.29, 0.717) is 11.9 Å². The van der Waals surface area contributed by atoms with Crippen molar-refractivity contribution in [1.29, 1.82) is 0 Å². The number of esters is 1. The van der Waals surface area contributed by atoms with Crippen LogP contribution in [0.5, 0.6) is 0 Å². The first kappa shape index (κ1) is 18.4. The van der Waals surface area contributed by atoms with Gasteiger partial charge in [0.15, 0.2) is 0 Å². The van der Waals surface area contributed by atoms with Crippen molar-refractivity contribution in [1.82, 2.24) is 5.32 Å². The van der Waals surface area contributed by atoms with Gasteiger partial charge in [-0.05, 0) is 13.0 Å². The number of carbonyl (C=O) groups is 1. The van der Waals surface area contributed by atoms with Crippen molar-refractivity contribution in [3.8, 4) is 0 Å². The Morgan fingerprint density at radius 1 is 1.45 bits per heavy atom. The highest BCUT2D eigenvalue weighted by Crippen LogP contribution is 2.21. The molecule has 1 aliphatic rings. The number of nitrogens with one attached hydrogen (secondary N) is 1. The monoisotopic (exact) mass is 373 g/mol. The Hall–Kier alpha value is -1.67. The molecule has 1 aliphatic heterocycles. The molecule has 0 aromatic heterocycles. The molecule has 0 amide bonds. The van der Waals surface area contributed by atoms with Crippen LogP contribution in [-0.2, 0) is 9.53 Å². The summed E-state index contributed by atoms with van der Waals surface area (Å²) >= 11 is 2.94. The summed E-state index contributed by atoms with van der Waals surface area (Å²) in [6.45, 7) is 5.92. The van der Waals surface area contributed by atoms with Gasteiger partial charge in [-0.15, -0.1) is 0 Å². The van der Waals surface area contributed by atoms with Gasteiger partial charge in [-0.2, -0.15) is 0 Å². The van der Waals surface area contributed by atoms with Gasteiger partial charge in [-0.3, -0.25) is 14.9 Å². The lowest BCUT2D eigenvalue weighted by atomic mass is 10.2. The molecule has 0 aliphatic carbocycles. The van der Waals surface area contributed by atoms with Gasteiger partial charge < -0.3 is 15.0 Å². The van der Waals surface area contributed by atoms with Crippen LogP contribution in [0.15, 0.2) is 24.3 Å². The van der Waals surface area contributed by atoms with Crippen molar-refractivity contribution in [2.24, 2.45) is 0 Å². The molecule has 22 heavy (non-hydrogen) atoms. The second-order valence-corrected chi connectivity index (χ2v) is 5.01. The number of carbonyl (C=O) groups excluding carboxylic acids is 1. The molecule has 8 heteroatoms. The fourth-order valence-corrected chi connectivity index (χ4v) is 2.09. The molecule has 1 fully saturated rings. The molecule has 7 nitrogen and oxygen atoms in total. The number of alkyl halides is 1. The van der Waals surface area contributed by atoms with E-state index in [9.17, 15) is 14.9 Å². The maximum atomic E-state index is 10.6. The van der Waals surface area contributed by atoms with E-state index < -0.39 is 0 Å².